The standard InChI is InChI=1S/C6H10N6O4/c7-11-9-1-3(13)5(15)2(10-12-8)6(16)4(1)14/h1-6,13-16H/t1?,2?,3-,4-,5-,6+/m1/s1. The van der Waals surface area contributed by atoms with Gasteiger partial charge in [-0.2, -0.15) is 0 Å². The number of aliphatic hydroxyl groups is 4. The van der Waals surface area contributed by atoms with E-state index in [0.717, 1.165) is 0 Å². The van der Waals surface area contributed by atoms with Crippen molar-refractivity contribution in [3.05, 3.63) is 20.9 Å². The van der Waals surface area contributed by atoms with Gasteiger partial charge in [0, 0.05) is 9.82 Å². The smallest absolute Gasteiger partial charge is 0.0943 e. The summed E-state index contributed by atoms with van der Waals surface area (Å²) in [6, 6.07) is -2.78. The summed E-state index contributed by atoms with van der Waals surface area (Å²) in [5.74, 6) is 0. The van der Waals surface area contributed by atoms with Gasteiger partial charge in [0.1, 0.15) is 0 Å². The van der Waals surface area contributed by atoms with Crippen molar-refractivity contribution >= 4 is 0 Å². The third-order valence-electron chi connectivity index (χ3n) is 2.47. The first kappa shape index (κ1) is 12.5. The summed E-state index contributed by atoms with van der Waals surface area (Å²) in [7, 11) is 0. The van der Waals surface area contributed by atoms with Gasteiger partial charge in [-0.3, -0.25) is 0 Å². The Kier molecular flexibility index (Phi) is 3.91. The Balaban J connectivity index is 3.02. The SMILES string of the molecule is [N-]=[N+]=NC1[C@@H](O)[C@H](O)C(N=[N+]=[N-])[C@H](O)[C@@H]1O. The molecule has 0 radical (unpaired) electrons. The van der Waals surface area contributed by atoms with Crippen LogP contribution in [0.4, 0.5) is 0 Å². The van der Waals surface area contributed by atoms with Crippen LogP contribution < -0.4 is 0 Å². The van der Waals surface area contributed by atoms with Crippen molar-refractivity contribution in [2.24, 2.45) is 10.2 Å². The van der Waals surface area contributed by atoms with Crippen molar-refractivity contribution in [3.8, 4) is 0 Å². The predicted octanol–water partition coefficient (Wildman–Crippen LogP) is -1.20. The molecule has 0 aliphatic heterocycles. The Hall–Kier alpha value is -1.54. The highest BCUT2D eigenvalue weighted by Crippen LogP contribution is 2.26. The molecule has 0 bridgehead atoms. The molecule has 1 aliphatic carbocycles. The fourth-order valence-electron chi connectivity index (χ4n) is 1.60. The monoisotopic (exact) mass is 230 g/mol. The van der Waals surface area contributed by atoms with Gasteiger partial charge in [-0.15, -0.1) is 0 Å². The molecule has 2 unspecified atom stereocenters. The third kappa shape index (κ3) is 2.02. The fraction of sp³-hybridized carbons (Fsp3) is 1.00. The van der Waals surface area contributed by atoms with Gasteiger partial charge in [-0.25, -0.2) is 0 Å². The number of nitrogens with zero attached hydrogens (tertiary/aromatic N) is 6. The molecule has 88 valence electrons. The molecular weight excluding hydrogens is 220 g/mol. The van der Waals surface area contributed by atoms with Crippen LogP contribution in [0.2, 0.25) is 0 Å². The van der Waals surface area contributed by atoms with Gasteiger partial charge in [-0.1, -0.05) is 10.2 Å². The summed E-state index contributed by atoms with van der Waals surface area (Å²) in [4.78, 5) is 4.76. The highest BCUT2D eigenvalue weighted by atomic mass is 16.4. The molecule has 0 aromatic heterocycles. The average molecular weight is 230 g/mol. The molecule has 4 N–H and O–H groups in total. The second-order valence-electron chi connectivity index (χ2n) is 3.35. The number of hydrogen-bond donors (Lipinski definition) is 4. The average Bonchev–Trinajstić information content (AvgIpc) is 2.28. The lowest BCUT2D eigenvalue weighted by Crippen LogP contribution is -2.62. The molecule has 0 amide bonds. The van der Waals surface area contributed by atoms with Crippen LogP contribution in [0, 0.1) is 0 Å². The summed E-state index contributed by atoms with van der Waals surface area (Å²) >= 11 is 0. The Morgan fingerprint density at radius 1 is 0.688 bits per heavy atom. The van der Waals surface area contributed by atoms with Crippen LogP contribution in [0.1, 0.15) is 0 Å². The minimum atomic E-state index is -1.61. The molecule has 1 rings (SSSR count). The molecule has 1 saturated carbocycles. The second-order valence-corrected chi connectivity index (χ2v) is 3.35. The van der Waals surface area contributed by atoms with E-state index in [1.807, 2.05) is 0 Å². The maximum absolute atomic E-state index is 9.48. The van der Waals surface area contributed by atoms with E-state index in [0.29, 0.717) is 0 Å². The zero-order chi connectivity index (χ0) is 12.3. The molecule has 0 saturated heterocycles. The summed E-state index contributed by atoms with van der Waals surface area (Å²) < 4.78 is 0. The first-order valence-electron chi connectivity index (χ1n) is 4.35. The van der Waals surface area contributed by atoms with E-state index < -0.39 is 36.5 Å². The van der Waals surface area contributed by atoms with E-state index in [-0.39, 0.29) is 0 Å². The van der Waals surface area contributed by atoms with E-state index in [1.54, 1.807) is 0 Å². The maximum Gasteiger partial charge on any atom is 0.0943 e. The minimum Gasteiger partial charge on any atom is -0.390 e. The molecule has 16 heavy (non-hydrogen) atoms. The van der Waals surface area contributed by atoms with Crippen molar-refractivity contribution < 1.29 is 20.4 Å². The van der Waals surface area contributed by atoms with E-state index in [4.69, 9.17) is 11.1 Å². The zero-order valence-corrected chi connectivity index (χ0v) is 7.94. The topological polar surface area (TPSA) is 178 Å². The van der Waals surface area contributed by atoms with Crippen molar-refractivity contribution in [2.75, 3.05) is 0 Å². The fourth-order valence-corrected chi connectivity index (χ4v) is 1.60. The van der Waals surface area contributed by atoms with E-state index in [2.05, 4.69) is 20.1 Å². The van der Waals surface area contributed by atoms with Gasteiger partial charge in [0.05, 0.1) is 36.5 Å². The Morgan fingerprint density at radius 2 is 0.938 bits per heavy atom. The van der Waals surface area contributed by atoms with Crippen molar-refractivity contribution in [3.63, 3.8) is 0 Å². The van der Waals surface area contributed by atoms with Gasteiger partial charge in [0.25, 0.3) is 0 Å². The van der Waals surface area contributed by atoms with Crippen molar-refractivity contribution in [1.82, 2.24) is 0 Å². The first-order chi connectivity index (χ1) is 7.54. The van der Waals surface area contributed by atoms with Crippen LogP contribution in [0.5, 0.6) is 0 Å². The van der Waals surface area contributed by atoms with Crippen LogP contribution in [0.3, 0.4) is 0 Å². The van der Waals surface area contributed by atoms with Crippen LogP contribution in [-0.2, 0) is 0 Å². The molecule has 0 aromatic rings. The molecule has 1 aliphatic rings. The molecular formula is C6H10N6O4. The quantitative estimate of drug-likeness (QED) is 0.264. The van der Waals surface area contributed by atoms with Gasteiger partial charge < -0.3 is 20.4 Å². The van der Waals surface area contributed by atoms with E-state index >= 15 is 0 Å². The minimum absolute atomic E-state index is 1.39. The highest BCUT2D eigenvalue weighted by molar-refractivity contribution is 5.05. The predicted molar refractivity (Wildman–Crippen MR) is 49.9 cm³/mol. The van der Waals surface area contributed by atoms with Gasteiger partial charge >= 0.3 is 0 Å². The Morgan fingerprint density at radius 3 is 1.12 bits per heavy atom. The second kappa shape index (κ2) is 4.99. The lowest BCUT2D eigenvalue weighted by molar-refractivity contribution is -0.131. The van der Waals surface area contributed by atoms with Crippen LogP contribution in [-0.4, -0.2) is 56.9 Å². The molecule has 1 fully saturated rings. The van der Waals surface area contributed by atoms with Crippen molar-refractivity contribution in [2.45, 2.75) is 36.5 Å². The van der Waals surface area contributed by atoms with E-state index in [9.17, 15) is 20.4 Å². The lowest BCUT2D eigenvalue weighted by atomic mass is 9.82. The zero-order valence-electron chi connectivity index (χ0n) is 7.94. The highest BCUT2D eigenvalue weighted by Gasteiger charge is 2.48. The lowest BCUT2D eigenvalue weighted by Gasteiger charge is -2.40. The first-order valence-corrected chi connectivity index (χ1v) is 4.35. The third-order valence-corrected chi connectivity index (χ3v) is 2.47. The Labute approximate surface area is 89.0 Å². The summed E-state index contributed by atoms with van der Waals surface area (Å²) in [5.41, 5.74) is 16.4. The summed E-state index contributed by atoms with van der Waals surface area (Å²) in [6.45, 7) is 0. The van der Waals surface area contributed by atoms with Crippen LogP contribution in [0.15, 0.2) is 10.2 Å². The number of aliphatic hydroxyl groups excluding tert-OH is 4. The number of hydrogen-bond acceptors (Lipinski definition) is 6. The van der Waals surface area contributed by atoms with Crippen molar-refractivity contribution in [1.29, 1.82) is 0 Å². The van der Waals surface area contributed by atoms with E-state index in [1.165, 1.54) is 0 Å². The molecule has 10 nitrogen and oxygen atoms in total. The van der Waals surface area contributed by atoms with Gasteiger partial charge in [-0.05, 0) is 11.1 Å². The van der Waals surface area contributed by atoms with Crippen LogP contribution >= 0.6 is 0 Å². The molecule has 0 heterocycles. The molecule has 6 atom stereocenters. The Bertz CT molecular complexity index is 301. The molecule has 0 spiro atoms. The summed E-state index contributed by atoms with van der Waals surface area (Å²) in [6.07, 6.45) is -6.43. The molecule has 0 aromatic carbocycles. The van der Waals surface area contributed by atoms with Gasteiger partial charge in [0.15, 0.2) is 0 Å². The maximum atomic E-state index is 9.48. The van der Waals surface area contributed by atoms with Gasteiger partial charge in [0.2, 0.25) is 0 Å². The molecule has 10 heteroatoms. The van der Waals surface area contributed by atoms with Crippen LogP contribution in [0.25, 0.3) is 20.9 Å². The normalized spacial score (nSPS) is 43.0. The largest absolute Gasteiger partial charge is 0.390 e. The number of azide groups is 2. The number of rotatable bonds is 2. The summed E-state index contributed by atoms with van der Waals surface area (Å²) in [5, 5.41) is 44.1.